The molecule has 0 fully saturated rings. The molecule has 0 atom stereocenters. The van der Waals surface area contributed by atoms with Gasteiger partial charge in [-0.25, -0.2) is 4.79 Å². The number of aromatic nitrogens is 2. The Kier molecular flexibility index (Phi) is 4.35. The van der Waals surface area contributed by atoms with Gasteiger partial charge in [0.25, 0.3) is 5.91 Å². The lowest BCUT2D eigenvalue weighted by molar-refractivity contribution is 0.0693. The summed E-state index contributed by atoms with van der Waals surface area (Å²) >= 11 is 4.43. The summed E-state index contributed by atoms with van der Waals surface area (Å²) in [6.45, 7) is 0. The van der Waals surface area contributed by atoms with Gasteiger partial charge in [0.15, 0.2) is 5.69 Å². The smallest absolute Gasteiger partial charge is 0.336 e. The average Bonchev–Trinajstić information content (AvgIpc) is 2.39. The average molecular weight is 354 g/mol. The maximum atomic E-state index is 11.1. The van der Waals surface area contributed by atoms with Crippen molar-refractivity contribution in [1.29, 1.82) is 0 Å². The van der Waals surface area contributed by atoms with Gasteiger partial charge in [0, 0.05) is 9.37 Å². The normalized spacial score (nSPS) is 10.2. The highest BCUT2D eigenvalue weighted by molar-refractivity contribution is 9.10. The molecule has 1 heterocycles. The van der Waals surface area contributed by atoms with Crippen LogP contribution in [0.25, 0.3) is 0 Å². The van der Waals surface area contributed by atoms with E-state index in [1.54, 1.807) is 18.2 Å². The second kappa shape index (κ2) is 6.02. The molecule has 3 N–H and O–H groups in total. The van der Waals surface area contributed by atoms with Crippen molar-refractivity contribution in [3.8, 4) is 0 Å². The second-order valence-electron chi connectivity index (χ2n) is 3.67. The van der Waals surface area contributed by atoms with Gasteiger partial charge in [0.05, 0.1) is 5.56 Å². The number of primary amides is 1. The molecule has 0 saturated carbocycles. The van der Waals surface area contributed by atoms with Gasteiger partial charge < -0.3 is 10.8 Å². The maximum absolute atomic E-state index is 11.1. The molecule has 0 aliphatic rings. The first-order chi connectivity index (χ1) is 9.47. The van der Waals surface area contributed by atoms with E-state index in [1.807, 2.05) is 0 Å². The van der Waals surface area contributed by atoms with Crippen LogP contribution in [0.5, 0.6) is 0 Å². The third kappa shape index (κ3) is 3.34. The fourth-order valence-corrected chi connectivity index (χ4v) is 2.78. The van der Waals surface area contributed by atoms with Crippen LogP contribution in [-0.2, 0) is 0 Å². The van der Waals surface area contributed by atoms with E-state index in [0.717, 1.165) is 16.2 Å². The highest BCUT2D eigenvalue weighted by atomic mass is 79.9. The molecular weight excluding hydrogens is 346 g/mol. The van der Waals surface area contributed by atoms with Gasteiger partial charge >= 0.3 is 5.97 Å². The molecule has 1 aromatic heterocycles. The molecule has 1 amide bonds. The zero-order chi connectivity index (χ0) is 14.7. The Morgan fingerprint density at radius 1 is 1.20 bits per heavy atom. The minimum absolute atomic E-state index is 0.0575. The van der Waals surface area contributed by atoms with Crippen LogP contribution in [0.2, 0.25) is 0 Å². The molecule has 2 aromatic rings. The number of hydrogen-bond donors (Lipinski definition) is 2. The number of carbonyl (C=O) groups is 2. The number of aromatic carboxylic acids is 1. The van der Waals surface area contributed by atoms with E-state index in [0.29, 0.717) is 9.92 Å². The van der Waals surface area contributed by atoms with Crippen LogP contribution in [0.4, 0.5) is 0 Å². The fourth-order valence-electron chi connectivity index (χ4n) is 1.38. The Balaban J connectivity index is 2.31. The van der Waals surface area contributed by atoms with Gasteiger partial charge in [-0.15, -0.1) is 10.2 Å². The van der Waals surface area contributed by atoms with Crippen molar-refractivity contribution in [1.82, 2.24) is 10.2 Å². The number of nitrogens with two attached hydrogens (primary N) is 1. The molecule has 6 nitrogen and oxygen atoms in total. The van der Waals surface area contributed by atoms with Gasteiger partial charge in [-0.3, -0.25) is 4.79 Å². The van der Waals surface area contributed by atoms with Gasteiger partial charge in [0.1, 0.15) is 5.03 Å². The summed E-state index contributed by atoms with van der Waals surface area (Å²) in [7, 11) is 0. The number of carboxylic acid groups (broad SMARTS) is 1. The summed E-state index contributed by atoms with van der Waals surface area (Å²) in [6, 6.07) is 7.83. The third-order valence-electron chi connectivity index (χ3n) is 2.28. The lowest BCUT2D eigenvalue weighted by Gasteiger charge is -2.05. The monoisotopic (exact) mass is 353 g/mol. The SMILES string of the molecule is NC(=O)c1ccc(Sc2cc(Br)ccc2C(=O)O)nn1. The predicted molar refractivity (Wildman–Crippen MR) is 75.8 cm³/mol. The van der Waals surface area contributed by atoms with Gasteiger partial charge in [-0.1, -0.05) is 27.7 Å². The number of nitrogens with zero attached hydrogens (tertiary/aromatic N) is 2. The fraction of sp³-hybridized carbons (Fsp3) is 0. The molecule has 2 rings (SSSR count). The largest absolute Gasteiger partial charge is 0.478 e. The number of halogens is 1. The summed E-state index contributed by atoms with van der Waals surface area (Å²) < 4.78 is 0.756. The zero-order valence-corrected chi connectivity index (χ0v) is 12.3. The highest BCUT2D eigenvalue weighted by Crippen LogP contribution is 2.31. The van der Waals surface area contributed by atoms with E-state index in [1.165, 1.54) is 12.1 Å². The molecule has 0 spiro atoms. The molecule has 1 aromatic carbocycles. The summed E-state index contributed by atoms with van der Waals surface area (Å²) in [6.07, 6.45) is 0. The van der Waals surface area contributed by atoms with E-state index in [2.05, 4.69) is 26.1 Å². The molecule has 102 valence electrons. The van der Waals surface area contributed by atoms with Crippen molar-refractivity contribution < 1.29 is 14.7 Å². The molecule has 20 heavy (non-hydrogen) atoms. The number of amides is 1. The van der Waals surface area contributed by atoms with E-state index in [9.17, 15) is 9.59 Å². The molecule has 0 aliphatic heterocycles. The third-order valence-corrected chi connectivity index (χ3v) is 3.76. The topological polar surface area (TPSA) is 106 Å². The highest BCUT2D eigenvalue weighted by Gasteiger charge is 2.13. The molecule has 0 bridgehead atoms. The summed E-state index contributed by atoms with van der Waals surface area (Å²) in [5.41, 5.74) is 5.29. The van der Waals surface area contributed by atoms with Crippen molar-refractivity contribution in [2.45, 2.75) is 9.92 Å². The van der Waals surface area contributed by atoms with Crippen LogP contribution >= 0.6 is 27.7 Å². The minimum Gasteiger partial charge on any atom is -0.478 e. The number of hydrogen-bond acceptors (Lipinski definition) is 5. The number of carboxylic acids is 1. The number of benzene rings is 1. The molecule has 0 unspecified atom stereocenters. The van der Waals surface area contributed by atoms with Crippen molar-refractivity contribution in [3.05, 3.63) is 46.1 Å². The zero-order valence-electron chi connectivity index (χ0n) is 9.91. The van der Waals surface area contributed by atoms with E-state index in [4.69, 9.17) is 10.8 Å². The van der Waals surface area contributed by atoms with Gasteiger partial charge in [0.2, 0.25) is 0 Å². The van der Waals surface area contributed by atoms with Crippen molar-refractivity contribution in [3.63, 3.8) is 0 Å². The van der Waals surface area contributed by atoms with Gasteiger partial charge in [-0.05, 0) is 30.3 Å². The first-order valence-corrected chi connectivity index (χ1v) is 6.92. The summed E-state index contributed by atoms with van der Waals surface area (Å²) in [5.74, 6) is -1.69. The Morgan fingerprint density at radius 2 is 1.95 bits per heavy atom. The maximum Gasteiger partial charge on any atom is 0.336 e. The quantitative estimate of drug-likeness (QED) is 0.872. The Morgan fingerprint density at radius 3 is 2.50 bits per heavy atom. The Bertz CT molecular complexity index is 676. The lowest BCUT2D eigenvalue weighted by Crippen LogP contribution is -2.13. The summed E-state index contributed by atoms with van der Waals surface area (Å²) in [4.78, 5) is 22.5. The first kappa shape index (κ1) is 14.5. The van der Waals surface area contributed by atoms with E-state index < -0.39 is 11.9 Å². The van der Waals surface area contributed by atoms with Crippen LogP contribution < -0.4 is 5.73 Å². The minimum atomic E-state index is -1.03. The predicted octanol–water partition coefficient (Wildman–Crippen LogP) is 2.19. The van der Waals surface area contributed by atoms with Gasteiger partial charge in [-0.2, -0.15) is 0 Å². The second-order valence-corrected chi connectivity index (χ2v) is 5.65. The number of carbonyl (C=O) groups excluding carboxylic acids is 1. The Labute approximate surface area is 126 Å². The van der Waals surface area contributed by atoms with E-state index >= 15 is 0 Å². The van der Waals surface area contributed by atoms with Crippen LogP contribution in [-0.4, -0.2) is 27.2 Å². The molecule has 0 aliphatic carbocycles. The van der Waals surface area contributed by atoms with Crippen LogP contribution in [0, 0.1) is 0 Å². The molecule has 0 radical (unpaired) electrons. The number of rotatable bonds is 4. The van der Waals surface area contributed by atoms with Crippen LogP contribution in [0.3, 0.4) is 0 Å². The van der Waals surface area contributed by atoms with Crippen molar-refractivity contribution in [2.24, 2.45) is 5.73 Å². The molecular formula is C12H8BrN3O3S. The first-order valence-electron chi connectivity index (χ1n) is 5.31. The Hall–Kier alpha value is -1.93. The van der Waals surface area contributed by atoms with E-state index in [-0.39, 0.29) is 11.3 Å². The molecule has 8 heteroatoms. The summed E-state index contributed by atoms with van der Waals surface area (Å²) in [5, 5.41) is 17.1. The van der Waals surface area contributed by atoms with Crippen molar-refractivity contribution >= 4 is 39.6 Å². The van der Waals surface area contributed by atoms with Crippen LogP contribution in [0.1, 0.15) is 20.8 Å². The lowest BCUT2D eigenvalue weighted by atomic mass is 10.2. The van der Waals surface area contributed by atoms with Crippen molar-refractivity contribution in [2.75, 3.05) is 0 Å². The standard InChI is InChI=1S/C12H8BrN3O3S/c13-6-1-2-7(12(18)19)9(5-6)20-10-4-3-8(11(14)17)15-16-10/h1-5H,(H2,14,17)(H,18,19). The van der Waals surface area contributed by atoms with Crippen LogP contribution in [0.15, 0.2) is 44.7 Å². The molecule has 0 saturated heterocycles.